The van der Waals surface area contributed by atoms with Gasteiger partial charge in [0, 0.05) is 30.9 Å². The first kappa shape index (κ1) is 26.1. The fourth-order valence-corrected chi connectivity index (χ4v) is 6.45. The van der Waals surface area contributed by atoms with Crippen LogP contribution >= 0.6 is 31.9 Å². The van der Waals surface area contributed by atoms with Crippen LogP contribution in [0.3, 0.4) is 0 Å². The van der Waals surface area contributed by atoms with Crippen LogP contribution in [0.25, 0.3) is 0 Å². The van der Waals surface area contributed by atoms with E-state index >= 15 is 0 Å². The van der Waals surface area contributed by atoms with Crippen LogP contribution in [-0.4, -0.2) is 20.2 Å². The fraction of sp³-hybridized carbons (Fsp3) is 0.125. The molecule has 0 amide bonds. The molecule has 1 saturated carbocycles. The normalized spacial score (nSPS) is 20.1. The van der Waals surface area contributed by atoms with E-state index in [9.17, 15) is 0 Å². The summed E-state index contributed by atoms with van der Waals surface area (Å²) in [6.45, 7) is 0. The second-order valence-electron chi connectivity index (χ2n) is 9.24. The molecule has 2 N–H and O–H groups in total. The van der Waals surface area contributed by atoms with E-state index in [0.717, 1.165) is 0 Å². The van der Waals surface area contributed by atoms with Crippen LogP contribution in [0.4, 0.5) is 0 Å². The summed E-state index contributed by atoms with van der Waals surface area (Å²) in [6, 6.07) is 33.5. The highest BCUT2D eigenvalue weighted by Crippen LogP contribution is 2.66. The lowest BCUT2D eigenvalue weighted by atomic mass is 9.49. The van der Waals surface area contributed by atoms with Gasteiger partial charge in [0.25, 0.3) is 0 Å². The number of halogens is 2. The molecule has 2 heterocycles. The maximum atomic E-state index is 9.00. The number of rotatable bonds is 4. The minimum Gasteiger partial charge on any atom is -0.507 e. The molecule has 2 aromatic heterocycles. The van der Waals surface area contributed by atoms with Gasteiger partial charge in [0.05, 0.1) is 8.95 Å². The monoisotopic (exact) mass is 628 g/mol. The molecule has 1 aliphatic rings. The van der Waals surface area contributed by atoms with Crippen molar-refractivity contribution < 1.29 is 10.2 Å². The molecule has 5 aromatic rings. The van der Waals surface area contributed by atoms with E-state index in [4.69, 9.17) is 10.2 Å². The molecule has 1 aliphatic carbocycles. The first-order valence-electron chi connectivity index (χ1n) is 12.3. The molecular formula is C32H26Br2N2O2. The van der Waals surface area contributed by atoms with Crippen molar-refractivity contribution in [2.75, 3.05) is 0 Å². The van der Waals surface area contributed by atoms with E-state index in [0.29, 0.717) is 32.6 Å². The van der Waals surface area contributed by atoms with Crippen LogP contribution in [0.15, 0.2) is 131 Å². The molecule has 0 unspecified atom stereocenters. The van der Waals surface area contributed by atoms with Gasteiger partial charge in [-0.2, -0.15) is 0 Å². The Kier molecular flexibility index (Phi) is 8.20. The van der Waals surface area contributed by atoms with Crippen molar-refractivity contribution in [3.8, 4) is 11.5 Å². The molecule has 0 aliphatic heterocycles. The first-order valence-corrected chi connectivity index (χ1v) is 13.9. The van der Waals surface area contributed by atoms with Gasteiger partial charge in [-0.25, -0.2) is 0 Å². The highest BCUT2D eigenvalue weighted by molar-refractivity contribution is 9.11. The lowest BCUT2D eigenvalue weighted by Gasteiger charge is -2.53. The van der Waals surface area contributed by atoms with Gasteiger partial charge in [0.1, 0.15) is 11.5 Å². The summed E-state index contributed by atoms with van der Waals surface area (Å²) in [6.07, 6.45) is 7.65. The molecule has 3 aromatic carbocycles. The van der Waals surface area contributed by atoms with Crippen molar-refractivity contribution in [3.05, 3.63) is 153 Å². The minimum atomic E-state index is 0.0284. The van der Waals surface area contributed by atoms with Gasteiger partial charge in [-0.05, 0) is 108 Å². The van der Waals surface area contributed by atoms with Gasteiger partial charge in [-0.3, -0.25) is 9.97 Å². The zero-order valence-electron chi connectivity index (χ0n) is 20.4. The van der Waals surface area contributed by atoms with Crippen molar-refractivity contribution in [1.82, 2.24) is 9.97 Å². The summed E-state index contributed by atoms with van der Waals surface area (Å²) in [7, 11) is 0. The summed E-state index contributed by atoms with van der Waals surface area (Å²) in [5.74, 6) is 1.76. The zero-order chi connectivity index (χ0) is 26.5. The van der Waals surface area contributed by atoms with Crippen LogP contribution < -0.4 is 0 Å². The Labute approximate surface area is 239 Å². The molecule has 0 bridgehead atoms. The number of phenols is 2. The van der Waals surface area contributed by atoms with Crippen molar-refractivity contribution in [2.24, 2.45) is 0 Å². The summed E-state index contributed by atoms with van der Waals surface area (Å²) < 4.78 is 1.11. The molecule has 0 radical (unpaired) electrons. The summed E-state index contributed by atoms with van der Waals surface area (Å²) in [4.78, 5) is 8.50. The van der Waals surface area contributed by atoms with Gasteiger partial charge >= 0.3 is 0 Å². The number of hydrogen-bond acceptors (Lipinski definition) is 4. The Bertz CT molecular complexity index is 1240. The van der Waals surface area contributed by atoms with Gasteiger partial charge in [-0.15, -0.1) is 0 Å². The van der Waals surface area contributed by atoms with Gasteiger partial charge in [0.2, 0.25) is 0 Å². The largest absolute Gasteiger partial charge is 0.507 e. The summed E-state index contributed by atoms with van der Waals surface area (Å²) in [5, 5.41) is 18.0. The average Bonchev–Trinajstić information content (AvgIpc) is 2.94. The van der Waals surface area contributed by atoms with Gasteiger partial charge in [-0.1, -0.05) is 60.7 Å². The third kappa shape index (κ3) is 5.52. The number of benzene rings is 3. The van der Waals surface area contributed by atoms with Crippen LogP contribution in [0.2, 0.25) is 0 Å². The second kappa shape index (κ2) is 11.9. The van der Waals surface area contributed by atoms with Crippen LogP contribution in [-0.2, 0) is 0 Å². The molecule has 38 heavy (non-hydrogen) atoms. The second-order valence-corrected chi connectivity index (χ2v) is 10.9. The Hall–Kier alpha value is -3.48. The first-order chi connectivity index (χ1) is 18.5. The SMILES string of the molecule is Oc1cc(O)c(Br)cc1Br.c1ccc([C@@H]2[C@H](c3ccccc3)[C@@H](c3ccncc3)[C@H]2c2ccncc2)cc1. The van der Waals surface area contributed by atoms with Crippen LogP contribution in [0, 0.1) is 0 Å². The predicted molar refractivity (Wildman–Crippen MR) is 157 cm³/mol. The van der Waals surface area contributed by atoms with Crippen molar-refractivity contribution in [3.63, 3.8) is 0 Å². The molecule has 6 rings (SSSR count). The molecule has 4 atom stereocenters. The van der Waals surface area contributed by atoms with Gasteiger partial charge in [0.15, 0.2) is 0 Å². The quantitative estimate of drug-likeness (QED) is 0.209. The zero-order valence-corrected chi connectivity index (χ0v) is 23.6. The molecule has 1 fully saturated rings. The molecule has 4 nitrogen and oxygen atoms in total. The van der Waals surface area contributed by atoms with E-state index in [-0.39, 0.29) is 11.5 Å². The third-order valence-corrected chi connectivity index (χ3v) is 8.39. The van der Waals surface area contributed by atoms with Crippen LogP contribution in [0.5, 0.6) is 11.5 Å². The fourth-order valence-electron chi connectivity index (χ4n) is 5.46. The average molecular weight is 630 g/mol. The number of pyridine rings is 2. The van der Waals surface area contributed by atoms with E-state index in [1.165, 1.54) is 28.3 Å². The van der Waals surface area contributed by atoms with Crippen molar-refractivity contribution >= 4 is 31.9 Å². The number of nitrogens with zero attached hydrogens (tertiary/aromatic N) is 2. The highest BCUT2D eigenvalue weighted by Gasteiger charge is 2.52. The summed E-state index contributed by atoms with van der Waals surface area (Å²) >= 11 is 6.18. The minimum absolute atomic E-state index is 0.0284. The molecule has 6 heteroatoms. The smallest absolute Gasteiger partial charge is 0.133 e. The standard InChI is InChI=1S/C26H22N2.C6H4Br2O2/c1-3-7-19(8-4-1)23-24(20-9-5-2-6-10-20)26(22-13-17-28-18-14-22)25(23)21-11-15-27-16-12-21;7-3-1-4(8)6(10)2-5(3)9/h1-18,23-26H;1-2,9-10H/t23-,24+,25+,26-;. The topological polar surface area (TPSA) is 66.2 Å². The Balaban J connectivity index is 0.000000249. The van der Waals surface area contributed by atoms with Crippen molar-refractivity contribution in [2.45, 2.75) is 23.7 Å². The highest BCUT2D eigenvalue weighted by atomic mass is 79.9. The lowest BCUT2D eigenvalue weighted by molar-refractivity contribution is 0.228. The maximum absolute atomic E-state index is 9.00. The van der Waals surface area contributed by atoms with E-state index in [1.807, 2.05) is 24.8 Å². The lowest BCUT2D eigenvalue weighted by Crippen LogP contribution is -2.40. The molecular weight excluding hydrogens is 604 g/mol. The number of phenolic OH excluding ortho intramolecular Hbond substituents is 2. The Morgan fingerprint density at radius 2 is 0.763 bits per heavy atom. The summed E-state index contributed by atoms with van der Waals surface area (Å²) in [5.41, 5.74) is 5.53. The third-order valence-electron chi connectivity index (χ3n) is 7.11. The van der Waals surface area contributed by atoms with Crippen molar-refractivity contribution in [1.29, 1.82) is 0 Å². The predicted octanol–water partition coefficient (Wildman–Crippen LogP) is 8.55. The number of aromatic hydroxyl groups is 2. The molecule has 0 saturated heterocycles. The van der Waals surface area contributed by atoms with E-state index in [1.54, 1.807) is 6.07 Å². The van der Waals surface area contributed by atoms with E-state index < -0.39 is 0 Å². The Morgan fingerprint density at radius 1 is 0.447 bits per heavy atom. The maximum Gasteiger partial charge on any atom is 0.133 e. The number of hydrogen-bond donors (Lipinski definition) is 2. The Morgan fingerprint density at radius 3 is 1.08 bits per heavy atom. The van der Waals surface area contributed by atoms with Gasteiger partial charge < -0.3 is 10.2 Å². The molecule has 190 valence electrons. The molecule has 0 spiro atoms. The van der Waals surface area contributed by atoms with E-state index in [2.05, 4.69) is 127 Å². The number of aromatic nitrogens is 2. The van der Waals surface area contributed by atoms with Crippen LogP contribution in [0.1, 0.15) is 45.9 Å².